The Hall–Kier alpha value is -3.00. The predicted octanol–water partition coefficient (Wildman–Crippen LogP) is 3.33. The summed E-state index contributed by atoms with van der Waals surface area (Å²) < 4.78 is 10.3. The van der Waals surface area contributed by atoms with Crippen LogP contribution in [0.2, 0.25) is 0 Å². The number of benzene rings is 1. The highest BCUT2D eigenvalue weighted by molar-refractivity contribution is 7.08. The minimum Gasteiger partial charge on any atom is -0.464 e. The zero-order valence-corrected chi connectivity index (χ0v) is 17.0. The van der Waals surface area contributed by atoms with Gasteiger partial charge in [0, 0.05) is 23.8 Å². The first-order chi connectivity index (χ1) is 14.1. The first-order valence-corrected chi connectivity index (χ1v) is 10.4. The molecule has 0 aliphatic rings. The Morgan fingerprint density at radius 2 is 1.97 bits per heavy atom. The molecule has 1 amide bonds. The summed E-state index contributed by atoms with van der Waals surface area (Å²) in [5, 5.41) is 10.5. The molecule has 0 spiro atoms. The van der Waals surface area contributed by atoms with Gasteiger partial charge in [0.2, 0.25) is 17.6 Å². The summed E-state index contributed by atoms with van der Waals surface area (Å²) >= 11 is 1.55. The van der Waals surface area contributed by atoms with Gasteiger partial charge in [-0.05, 0) is 30.4 Å². The molecule has 2 aromatic heterocycles. The van der Waals surface area contributed by atoms with Gasteiger partial charge in [-0.25, -0.2) is 0 Å². The van der Waals surface area contributed by atoms with Crippen molar-refractivity contribution in [2.45, 2.75) is 32.6 Å². The van der Waals surface area contributed by atoms with Crippen molar-refractivity contribution in [1.82, 2.24) is 15.5 Å². The lowest BCUT2D eigenvalue weighted by Crippen LogP contribution is -2.28. The number of carbonyl (C=O) groups excluding carboxylic acids is 2. The summed E-state index contributed by atoms with van der Waals surface area (Å²) in [6, 6.07) is 10.0. The largest absolute Gasteiger partial charge is 0.464 e. The molecule has 1 N–H and O–H groups in total. The van der Waals surface area contributed by atoms with Gasteiger partial charge in [0.15, 0.2) is 0 Å². The van der Waals surface area contributed by atoms with Crippen molar-refractivity contribution in [2.75, 3.05) is 13.2 Å². The molecule has 0 atom stereocenters. The number of nitrogens with zero attached hydrogens (tertiary/aromatic N) is 2. The Morgan fingerprint density at radius 1 is 1.14 bits per heavy atom. The van der Waals surface area contributed by atoms with Crippen LogP contribution >= 0.6 is 11.3 Å². The maximum atomic E-state index is 11.9. The van der Waals surface area contributed by atoms with Gasteiger partial charge in [0.25, 0.3) is 0 Å². The van der Waals surface area contributed by atoms with Crippen LogP contribution in [-0.2, 0) is 27.2 Å². The van der Waals surface area contributed by atoms with Crippen molar-refractivity contribution in [3.63, 3.8) is 0 Å². The van der Waals surface area contributed by atoms with Gasteiger partial charge in [-0.15, -0.1) is 0 Å². The van der Waals surface area contributed by atoms with E-state index >= 15 is 0 Å². The maximum absolute atomic E-state index is 11.9. The molecule has 0 aliphatic carbocycles. The molecule has 1 aromatic carbocycles. The average molecular weight is 413 g/mol. The fourth-order valence-corrected chi connectivity index (χ4v) is 3.24. The number of thiophene rings is 1. The Morgan fingerprint density at radius 3 is 2.72 bits per heavy atom. The van der Waals surface area contributed by atoms with E-state index < -0.39 is 0 Å². The van der Waals surface area contributed by atoms with Gasteiger partial charge in [0.05, 0.1) is 13.0 Å². The van der Waals surface area contributed by atoms with Crippen LogP contribution in [0.1, 0.15) is 29.9 Å². The Balaban J connectivity index is 1.27. The molecule has 29 heavy (non-hydrogen) atoms. The van der Waals surface area contributed by atoms with Gasteiger partial charge in [-0.3, -0.25) is 9.59 Å². The normalized spacial score (nSPS) is 10.7. The monoisotopic (exact) mass is 413 g/mol. The number of ether oxygens (including phenoxy) is 1. The van der Waals surface area contributed by atoms with Crippen LogP contribution in [0.15, 0.2) is 45.6 Å². The van der Waals surface area contributed by atoms with E-state index in [1.807, 2.05) is 48.0 Å². The van der Waals surface area contributed by atoms with E-state index in [9.17, 15) is 9.59 Å². The Kier molecular flexibility index (Phi) is 7.52. The van der Waals surface area contributed by atoms with Crippen molar-refractivity contribution in [2.24, 2.45) is 0 Å². The van der Waals surface area contributed by atoms with Gasteiger partial charge in [-0.2, -0.15) is 16.3 Å². The number of hydrogen-bond acceptors (Lipinski definition) is 7. The van der Waals surface area contributed by atoms with E-state index in [1.54, 1.807) is 11.3 Å². The molecular weight excluding hydrogens is 390 g/mol. The lowest BCUT2D eigenvalue weighted by Gasteiger charge is -2.07. The summed E-state index contributed by atoms with van der Waals surface area (Å²) in [6.07, 6.45) is 1.55. The third kappa shape index (κ3) is 6.83. The highest BCUT2D eigenvalue weighted by Crippen LogP contribution is 2.19. The smallest absolute Gasteiger partial charge is 0.306 e. The quantitative estimate of drug-likeness (QED) is 0.405. The minimum absolute atomic E-state index is 0.0616. The number of amides is 1. The first-order valence-electron chi connectivity index (χ1n) is 9.43. The molecule has 0 saturated carbocycles. The number of hydrogen-bond donors (Lipinski definition) is 1. The average Bonchev–Trinajstić information content (AvgIpc) is 3.41. The van der Waals surface area contributed by atoms with Crippen LogP contribution < -0.4 is 5.32 Å². The van der Waals surface area contributed by atoms with Crippen molar-refractivity contribution in [3.05, 3.63) is 58.1 Å². The first kappa shape index (κ1) is 20.7. The highest BCUT2D eigenvalue weighted by atomic mass is 32.1. The summed E-state index contributed by atoms with van der Waals surface area (Å²) in [6.45, 7) is 2.46. The predicted molar refractivity (Wildman–Crippen MR) is 109 cm³/mol. The zero-order valence-electron chi connectivity index (χ0n) is 16.2. The second kappa shape index (κ2) is 10.5. The van der Waals surface area contributed by atoms with Gasteiger partial charge >= 0.3 is 5.97 Å². The van der Waals surface area contributed by atoms with Crippen LogP contribution in [0.3, 0.4) is 0 Å². The van der Waals surface area contributed by atoms with E-state index in [0.29, 0.717) is 37.5 Å². The van der Waals surface area contributed by atoms with Crippen LogP contribution in [0.5, 0.6) is 0 Å². The molecule has 152 valence electrons. The van der Waals surface area contributed by atoms with E-state index in [-0.39, 0.29) is 24.9 Å². The van der Waals surface area contributed by atoms with E-state index in [2.05, 4.69) is 15.5 Å². The van der Waals surface area contributed by atoms with Crippen molar-refractivity contribution in [3.8, 4) is 11.4 Å². The maximum Gasteiger partial charge on any atom is 0.306 e. The summed E-state index contributed by atoms with van der Waals surface area (Å²) in [7, 11) is 0. The van der Waals surface area contributed by atoms with Crippen LogP contribution in [0, 0.1) is 6.92 Å². The molecule has 0 bridgehead atoms. The number of aromatic nitrogens is 2. The van der Waals surface area contributed by atoms with E-state index in [4.69, 9.17) is 9.26 Å². The van der Waals surface area contributed by atoms with Crippen molar-refractivity contribution < 1.29 is 18.8 Å². The molecule has 0 aliphatic heterocycles. The fraction of sp³-hybridized carbons (Fsp3) is 0.333. The second-order valence-corrected chi connectivity index (χ2v) is 7.36. The Labute approximate surface area is 173 Å². The second-order valence-electron chi connectivity index (χ2n) is 6.58. The molecule has 0 saturated heterocycles. The molecule has 0 fully saturated rings. The number of carbonyl (C=O) groups is 2. The third-order valence-electron chi connectivity index (χ3n) is 4.24. The standard InChI is InChI=1S/C21H23N3O4S/c1-15-2-4-16(5-3-15)6-7-18(25)22-11-12-27-20(26)9-8-19-23-21(24-28-19)17-10-13-29-14-17/h2-5,10,13-14H,6-9,11-12H2,1H3,(H,22,25). The molecule has 8 heteroatoms. The molecule has 7 nitrogen and oxygen atoms in total. The van der Waals surface area contributed by atoms with Crippen LogP contribution in [-0.4, -0.2) is 35.2 Å². The summed E-state index contributed by atoms with van der Waals surface area (Å²) in [5.41, 5.74) is 3.22. The number of rotatable bonds is 10. The summed E-state index contributed by atoms with van der Waals surface area (Å²) in [5.74, 6) is 0.484. The molecule has 0 radical (unpaired) electrons. The highest BCUT2D eigenvalue weighted by Gasteiger charge is 2.11. The SMILES string of the molecule is Cc1ccc(CCC(=O)NCCOC(=O)CCc2nc(-c3ccsc3)no2)cc1. The molecule has 0 unspecified atom stereocenters. The van der Waals surface area contributed by atoms with E-state index in [1.165, 1.54) is 5.56 Å². The van der Waals surface area contributed by atoms with Gasteiger partial charge in [-0.1, -0.05) is 35.0 Å². The zero-order chi connectivity index (χ0) is 20.5. The Bertz CT molecular complexity index is 920. The fourth-order valence-electron chi connectivity index (χ4n) is 2.60. The number of aryl methyl sites for hydroxylation is 3. The molecular formula is C21H23N3O4S. The lowest BCUT2D eigenvalue weighted by atomic mass is 10.1. The van der Waals surface area contributed by atoms with Crippen LogP contribution in [0.4, 0.5) is 0 Å². The van der Waals surface area contributed by atoms with Gasteiger partial charge < -0.3 is 14.6 Å². The summed E-state index contributed by atoms with van der Waals surface area (Å²) in [4.78, 5) is 27.9. The van der Waals surface area contributed by atoms with E-state index in [0.717, 1.165) is 11.1 Å². The molecule has 3 aromatic rings. The number of nitrogens with one attached hydrogen (secondary N) is 1. The molecule has 2 heterocycles. The molecule has 3 rings (SSSR count). The van der Waals surface area contributed by atoms with Gasteiger partial charge in [0.1, 0.15) is 6.61 Å². The van der Waals surface area contributed by atoms with Crippen molar-refractivity contribution in [1.29, 1.82) is 0 Å². The minimum atomic E-state index is -0.366. The lowest BCUT2D eigenvalue weighted by molar-refractivity contribution is -0.144. The van der Waals surface area contributed by atoms with Crippen molar-refractivity contribution >= 4 is 23.2 Å². The third-order valence-corrected chi connectivity index (χ3v) is 4.92. The van der Waals surface area contributed by atoms with Crippen LogP contribution in [0.25, 0.3) is 11.4 Å². The topological polar surface area (TPSA) is 94.3 Å². The number of esters is 1.